The van der Waals surface area contributed by atoms with Gasteiger partial charge in [-0.2, -0.15) is 0 Å². The highest BCUT2D eigenvalue weighted by atomic mass is 16.5. The summed E-state index contributed by atoms with van der Waals surface area (Å²) in [5.74, 6) is 3.33. The Morgan fingerprint density at radius 2 is 1.41 bits per heavy atom. The van der Waals surface area contributed by atoms with Gasteiger partial charge in [0.1, 0.15) is 0 Å². The zero-order chi connectivity index (χ0) is 28.6. The van der Waals surface area contributed by atoms with Crippen LogP contribution in [0, 0.1) is 62.6 Å². The van der Waals surface area contributed by atoms with Gasteiger partial charge in [0.2, 0.25) is 0 Å². The lowest BCUT2D eigenvalue weighted by Gasteiger charge is -2.73. The van der Waals surface area contributed by atoms with Crippen LogP contribution in [0.1, 0.15) is 120 Å². The normalized spacial score (nSPS) is 50.6. The van der Waals surface area contributed by atoms with Crippen molar-refractivity contribution in [3.8, 4) is 0 Å². The smallest absolute Gasteiger partial charge is 0.302 e. The molecule has 5 aliphatic carbocycles. The Kier molecular flexibility index (Phi) is 7.20. The maximum absolute atomic E-state index is 11.9. The summed E-state index contributed by atoms with van der Waals surface area (Å²) >= 11 is 0. The van der Waals surface area contributed by atoms with E-state index in [4.69, 9.17) is 9.47 Å². The van der Waals surface area contributed by atoms with Crippen LogP contribution in [-0.2, 0) is 19.1 Å². The van der Waals surface area contributed by atoms with Gasteiger partial charge in [-0.25, -0.2) is 0 Å². The Morgan fingerprint density at radius 1 is 0.744 bits per heavy atom. The van der Waals surface area contributed by atoms with Crippen molar-refractivity contribution in [2.45, 2.75) is 120 Å². The average Bonchev–Trinajstić information content (AvgIpc) is 3.25. The van der Waals surface area contributed by atoms with Crippen LogP contribution < -0.4 is 0 Å². The second-order valence-electron chi connectivity index (χ2n) is 16.1. The van der Waals surface area contributed by atoms with Crippen molar-refractivity contribution >= 4 is 11.9 Å². The van der Waals surface area contributed by atoms with Crippen molar-refractivity contribution in [3.63, 3.8) is 0 Å². The van der Waals surface area contributed by atoms with Crippen LogP contribution in [0.4, 0.5) is 0 Å². The lowest BCUT2D eigenvalue weighted by molar-refractivity contribution is -0.250. The van der Waals surface area contributed by atoms with Gasteiger partial charge in [-0.3, -0.25) is 9.59 Å². The number of esters is 2. The summed E-state index contributed by atoms with van der Waals surface area (Å²) in [6.45, 7) is 23.8. The standard InChI is InChI=1S/C35H56O4/c1-22(2)26-13-17-35(21-39-25(5)37)19-18-33(8)27(30(26)35)10-11-29-31(6)15-12-23(3)32(7,20-38-24(4)36)28(31)14-16-34(29,33)9/h23,26-30H,1,10-21H2,2-9H3. The fraction of sp³-hybridized carbons (Fsp3) is 0.886. The molecule has 0 heterocycles. The molecule has 5 rings (SSSR count). The fourth-order valence-corrected chi connectivity index (χ4v) is 12.3. The summed E-state index contributed by atoms with van der Waals surface area (Å²) in [7, 11) is 0. The molecular formula is C35H56O4. The minimum atomic E-state index is -0.146. The van der Waals surface area contributed by atoms with Crippen molar-refractivity contribution < 1.29 is 19.1 Å². The van der Waals surface area contributed by atoms with E-state index in [1.54, 1.807) is 13.8 Å². The van der Waals surface area contributed by atoms with E-state index in [0.717, 1.165) is 0 Å². The molecule has 0 aromatic carbocycles. The van der Waals surface area contributed by atoms with Crippen molar-refractivity contribution in [2.75, 3.05) is 13.2 Å². The van der Waals surface area contributed by atoms with Crippen LogP contribution in [0.2, 0.25) is 0 Å². The third kappa shape index (κ3) is 4.10. The van der Waals surface area contributed by atoms with Crippen LogP contribution in [0.5, 0.6) is 0 Å². The molecule has 4 nitrogen and oxygen atoms in total. The van der Waals surface area contributed by atoms with Crippen molar-refractivity contribution in [2.24, 2.45) is 62.6 Å². The number of ether oxygens (including phenoxy) is 2. The van der Waals surface area contributed by atoms with Crippen LogP contribution in [0.3, 0.4) is 0 Å². The lowest BCUT2D eigenvalue weighted by Crippen LogP contribution is -2.67. The quantitative estimate of drug-likeness (QED) is 0.260. The highest BCUT2D eigenvalue weighted by molar-refractivity contribution is 5.66. The highest BCUT2D eigenvalue weighted by Gasteiger charge is 2.71. The Bertz CT molecular complexity index is 1020. The molecule has 11 unspecified atom stereocenters. The Balaban J connectivity index is 1.50. The van der Waals surface area contributed by atoms with Crippen LogP contribution in [0.15, 0.2) is 12.2 Å². The lowest BCUT2D eigenvalue weighted by atomic mass is 9.32. The van der Waals surface area contributed by atoms with E-state index in [1.165, 1.54) is 69.8 Å². The summed E-state index contributed by atoms with van der Waals surface area (Å²) in [6.07, 6.45) is 12.4. The van der Waals surface area contributed by atoms with E-state index in [9.17, 15) is 9.59 Å². The third-order valence-corrected chi connectivity index (χ3v) is 14.7. The van der Waals surface area contributed by atoms with Gasteiger partial charge in [-0.1, -0.05) is 46.8 Å². The third-order valence-electron chi connectivity index (χ3n) is 14.7. The Hall–Kier alpha value is -1.32. The molecule has 0 radical (unpaired) electrons. The van der Waals surface area contributed by atoms with Crippen molar-refractivity contribution in [1.82, 2.24) is 0 Å². The van der Waals surface area contributed by atoms with E-state index in [1.807, 2.05) is 0 Å². The first-order valence-electron chi connectivity index (χ1n) is 16.1. The van der Waals surface area contributed by atoms with Gasteiger partial charge >= 0.3 is 11.9 Å². The number of hydrogen-bond acceptors (Lipinski definition) is 4. The van der Waals surface area contributed by atoms with Gasteiger partial charge in [0.15, 0.2) is 0 Å². The summed E-state index contributed by atoms with van der Waals surface area (Å²) in [6, 6.07) is 0. The van der Waals surface area contributed by atoms with Gasteiger partial charge in [-0.05, 0) is 123 Å². The molecule has 0 aromatic heterocycles. The van der Waals surface area contributed by atoms with Crippen molar-refractivity contribution in [3.05, 3.63) is 12.2 Å². The van der Waals surface area contributed by atoms with E-state index >= 15 is 0 Å². The van der Waals surface area contributed by atoms with E-state index < -0.39 is 0 Å². The Labute approximate surface area is 238 Å². The first kappa shape index (κ1) is 29.2. The molecule has 39 heavy (non-hydrogen) atoms. The number of carbonyl (C=O) groups excluding carboxylic acids is 2. The molecule has 5 aliphatic rings. The predicted molar refractivity (Wildman–Crippen MR) is 156 cm³/mol. The molecule has 0 N–H and O–H groups in total. The number of allylic oxidation sites excluding steroid dienone is 1. The monoisotopic (exact) mass is 540 g/mol. The molecule has 0 bridgehead atoms. The summed E-state index contributed by atoms with van der Waals surface area (Å²) in [4.78, 5) is 23.8. The second kappa shape index (κ2) is 9.62. The molecule has 0 spiro atoms. The van der Waals surface area contributed by atoms with Gasteiger partial charge in [0, 0.05) is 24.7 Å². The van der Waals surface area contributed by atoms with Gasteiger partial charge in [-0.15, -0.1) is 0 Å². The van der Waals surface area contributed by atoms with Crippen LogP contribution in [0.25, 0.3) is 0 Å². The van der Waals surface area contributed by atoms with Gasteiger partial charge in [0.05, 0.1) is 13.2 Å². The Morgan fingerprint density at radius 3 is 2.05 bits per heavy atom. The zero-order valence-corrected chi connectivity index (χ0v) is 26.3. The highest BCUT2D eigenvalue weighted by Crippen LogP contribution is 2.77. The summed E-state index contributed by atoms with van der Waals surface area (Å²) in [5, 5.41) is 0. The maximum atomic E-state index is 11.9. The molecule has 4 heteroatoms. The first-order valence-corrected chi connectivity index (χ1v) is 16.1. The van der Waals surface area contributed by atoms with E-state index in [0.29, 0.717) is 54.1 Å². The molecular weight excluding hydrogens is 484 g/mol. The molecule has 5 saturated carbocycles. The predicted octanol–water partition coefficient (Wildman–Crippen LogP) is 8.39. The summed E-state index contributed by atoms with van der Waals surface area (Å²) < 4.78 is 11.6. The topological polar surface area (TPSA) is 52.6 Å². The maximum Gasteiger partial charge on any atom is 0.302 e. The number of carbonyl (C=O) groups is 2. The first-order chi connectivity index (χ1) is 18.1. The van der Waals surface area contributed by atoms with Crippen LogP contribution >= 0.6 is 0 Å². The minimum absolute atomic E-state index is 0.0417. The average molecular weight is 541 g/mol. The van der Waals surface area contributed by atoms with E-state index in [2.05, 4.69) is 48.1 Å². The minimum Gasteiger partial charge on any atom is -0.465 e. The van der Waals surface area contributed by atoms with Crippen LogP contribution in [-0.4, -0.2) is 25.2 Å². The molecule has 0 amide bonds. The molecule has 220 valence electrons. The van der Waals surface area contributed by atoms with Crippen molar-refractivity contribution in [1.29, 1.82) is 0 Å². The fourth-order valence-electron chi connectivity index (χ4n) is 12.3. The zero-order valence-electron chi connectivity index (χ0n) is 26.3. The molecule has 5 fully saturated rings. The number of rotatable bonds is 5. The molecule has 11 atom stereocenters. The van der Waals surface area contributed by atoms with Gasteiger partial charge in [0.25, 0.3) is 0 Å². The van der Waals surface area contributed by atoms with Gasteiger partial charge < -0.3 is 9.47 Å². The van der Waals surface area contributed by atoms with E-state index in [-0.39, 0.29) is 33.6 Å². The molecule has 0 aliphatic heterocycles. The second-order valence-corrected chi connectivity index (χ2v) is 16.1. The number of hydrogen-bond donors (Lipinski definition) is 0. The molecule has 0 aromatic rings. The molecule has 0 saturated heterocycles. The number of fused-ring (bicyclic) bond motifs is 7. The SMILES string of the molecule is C=C(C)C1CCC2(COC(C)=O)CCC3(C)C(CCC4C5(C)CCC(C)C(C)(COC(C)=O)C5CCC43C)C12. The summed E-state index contributed by atoms with van der Waals surface area (Å²) in [5.41, 5.74) is 2.34. The largest absolute Gasteiger partial charge is 0.465 e.